The first-order valence-corrected chi connectivity index (χ1v) is 17.4. The zero-order valence-electron chi connectivity index (χ0n) is 27.2. The normalized spacial score (nSPS) is 15.7. The highest BCUT2D eigenvalue weighted by Crippen LogP contribution is 2.22. The number of nitrogens with zero attached hydrogens (tertiary/aromatic N) is 4. The molecule has 0 saturated carbocycles. The molecule has 6 rings (SSSR count). The predicted molar refractivity (Wildman–Crippen MR) is 197 cm³/mol. The van der Waals surface area contributed by atoms with Gasteiger partial charge in [-0.05, 0) is 85.4 Å². The molecular weight excluding hydrogens is 601 g/mol. The summed E-state index contributed by atoms with van der Waals surface area (Å²) in [4.78, 5) is 0. The topological polar surface area (TPSA) is 17.8 Å². The van der Waals surface area contributed by atoms with Crippen molar-refractivity contribution in [2.75, 3.05) is 28.2 Å². The monoisotopic (exact) mass is 642 g/mol. The lowest BCUT2D eigenvalue weighted by atomic mass is 9.99. The molecule has 0 saturated heterocycles. The second-order valence-electron chi connectivity index (χ2n) is 12.1. The Morgan fingerprint density at radius 2 is 0.957 bits per heavy atom. The molecule has 4 nitrogen and oxygen atoms in total. The van der Waals surface area contributed by atoms with Crippen molar-refractivity contribution in [1.29, 1.82) is 0 Å². The van der Waals surface area contributed by atoms with Gasteiger partial charge in [-0.3, -0.25) is 0 Å². The summed E-state index contributed by atoms with van der Waals surface area (Å²) in [5.74, 6) is 0. The highest BCUT2D eigenvalue weighted by Gasteiger charge is 2.16. The van der Waals surface area contributed by atoms with Crippen molar-refractivity contribution in [3.05, 3.63) is 143 Å². The zero-order valence-corrected chi connectivity index (χ0v) is 28.9. The summed E-state index contributed by atoms with van der Waals surface area (Å²) >= 11 is 3.66. The van der Waals surface area contributed by atoms with Gasteiger partial charge in [0.2, 0.25) is 11.0 Å². The molecule has 0 amide bonds. The quantitative estimate of drug-likeness (QED) is 0.172. The molecular formula is C40H42N4S2+4. The molecule has 0 fully saturated rings. The highest BCUT2D eigenvalue weighted by molar-refractivity contribution is 7.16. The smallest absolute Gasteiger partial charge is 0.235 e. The van der Waals surface area contributed by atoms with Gasteiger partial charge in [0.15, 0.2) is 11.4 Å². The molecule has 2 aliphatic rings. The molecule has 2 aromatic carbocycles. The van der Waals surface area contributed by atoms with Crippen LogP contribution in [-0.2, 0) is 0 Å². The predicted octanol–water partition coefficient (Wildman–Crippen LogP) is 6.06. The molecule has 6 heteroatoms. The van der Waals surface area contributed by atoms with E-state index < -0.39 is 0 Å². The fourth-order valence-corrected chi connectivity index (χ4v) is 8.08. The lowest BCUT2D eigenvalue weighted by Gasteiger charge is -2.06. The van der Waals surface area contributed by atoms with E-state index in [0.29, 0.717) is 0 Å². The van der Waals surface area contributed by atoms with Crippen LogP contribution in [0.2, 0.25) is 0 Å². The Morgan fingerprint density at radius 3 is 1.30 bits per heavy atom. The third kappa shape index (κ3) is 6.84. The molecule has 2 heterocycles. The molecule has 0 unspecified atom stereocenters. The minimum absolute atomic E-state index is 0.972. The first-order chi connectivity index (χ1) is 22.3. The summed E-state index contributed by atoms with van der Waals surface area (Å²) in [6.45, 7) is 8.92. The highest BCUT2D eigenvalue weighted by atomic mass is 32.1. The van der Waals surface area contributed by atoms with Crippen LogP contribution in [0.4, 0.5) is 0 Å². The minimum atomic E-state index is 0.972. The lowest BCUT2D eigenvalue weighted by Crippen LogP contribution is -2.32. The number of benzene rings is 2. The number of aromatic nitrogens is 2. The number of allylic oxidation sites excluding steroid dienone is 12. The van der Waals surface area contributed by atoms with E-state index in [4.69, 9.17) is 0 Å². The Bertz CT molecular complexity index is 2120. The van der Waals surface area contributed by atoms with Crippen LogP contribution in [0.1, 0.15) is 25.7 Å². The minimum Gasteiger partial charge on any atom is -0.235 e. The first kappa shape index (κ1) is 31.5. The first-order valence-electron chi connectivity index (χ1n) is 15.7. The Balaban J connectivity index is 1.33. The molecule has 0 radical (unpaired) electrons. The van der Waals surface area contributed by atoms with E-state index in [-0.39, 0.29) is 0 Å². The van der Waals surface area contributed by atoms with E-state index in [1.807, 2.05) is 22.7 Å². The van der Waals surface area contributed by atoms with Gasteiger partial charge < -0.3 is 0 Å². The lowest BCUT2D eigenvalue weighted by molar-refractivity contribution is -0.477. The molecule has 46 heavy (non-hydrogen) atoms. The van der Waals surface area contributed by atoms with Crippen molar-refractivity contribution in [2.45, 2.75) is 25.7 Å². The Morgan fingerprint density at radius 1 is 0.587 bits per heavy atom. The van der Waals surface area contributed by atoms with E-state index in [2.05, 4.69) is 169 Å². The van der Waals surface area contributed by atoms with Crippen LogP contribution in [0.15, 0.2) is 120 Å². The van der Waals surface area contributed by atoms with Crippen molar-refractivity contribution < 1.29 is 17.6 Å². The van der Waals surface area contributed by atoms with Gasteiger partial charge >= 0.3 is 0 Å². The van der Waals surface area contributed by atoms with Crippen LogP contribution >= 0.6 is 22.7 Å². The molecule has 0 bridgehead atoms. The second-order valence-corrected chi connectivity index (χ2v) is 14.2. The fraction of sp³-hybridized carbons (Fsp3) is 0.200. The maximum absolute atomic E-state index is 4.46. The summed E-state index contributed by atoms with van der Waals surface area (Å²) in [5.41, 5.74) is 9.82. The average molecular weight is 643 g/mol. The van der Waals surface area contributed by atoms with Gasteiger partial charge in [-0.25, -0.2) is 9.15 Å². The van der Waals surface area contributed by atoms with Gasteiger partial charge in [-0.2, -0.15) is 8.49 Å². The standard InChI is InChI=1S/C40H42N4S2/c1-41(2)33-23-19-29(20-24-33)27-31(39-43(5)35-15-9-11-17-37(35)45-39)13-7-8-14-32(28-30-21-25-34(26-22-30)42(3)4)40-44(6)36-16-10-12-18-38(36)46-40/h9-12,15-28H,5-8,13-14H2,1-4H3/q+4. The number of fused-ring (bicyclic) bond motifs is 2. The number of rotatable bonds is 7. The van der Waals surface area contributed by atoms with E-state index in [0.717, 1.165) is 25.7 Å². The van der Waals surface area contributed by atoms with E-state index in [9.17, 15) is 0 Å². The average Bonchev–Trinajstić information content (AvgIpc) is 3.58. The van der Waals surface area contributed by atoms with Crippen LogP contribution in [0.25, 0.3) is 31.6 Å². The summed E-state index contributed by atoms with van der Waals surface area (Å²) in [6.07, 6.45) is 26.4. The Kier molecular flexibility index (Phi) is 9.48. The summed E-state index contributed by atoms with van der Waals surface area (Å²) < 4.78 is 13.5. The SMILES string of the molecule is C=[n+]1c(=C(C=C2C=CC(=[N+](C)C)C=C2)CCCCC(C=C2C=CC(=[N+](C)C)C=C2)=c2sc3ccccc3[n+]2=C)sc2ccccc21. The fourth-order valence-electron chi connectivity index (χ4n) is 5.80. The van der Waals surface area contributed by atoms with Crippen molar-refractivity contribution in [1.82, 2.24) is 0 Å². The van der Waals surface area contributed by atoms with Crippen LogP contribution < -0.4 is 17.8 Å². The number of unbranched alkanes of at least 4 members (excludes halogenated alkanes) is 1. The maximum atomic E-state index is 4.46. The molecule has 0 atom stereocenters. The van der Waals surface area contributed by atoms with Gasteiger partial charge in [-0.1, -0.05) is 46.9 Å². The number of hydrogen-bond acceptors (Lipinski definition) is 2. The van der Waals surface area contributed by atoms with Gasteiger partial charge in [0.05, 0.1) is 0 Å². The molecule has 0 aliphatic heterocycles. The molecule has 230 valence electrons. The van der Waals surface area contributed by atoms with Crippen molar-refractivity contribution in [3.8, 4) is 0 Å². The molecule has 4 aromatic rings. The molecule has 0 spiro atoms. The van der Waals surface area contributed by atoms with Crippen molar-refractivity contribution in [3.63, 3.8) is 0 Å². The van der Waals surface area contributed by atoms with Crippen molar-refractivity contribution >= 4 is 65.7 Å². The number of para-hydroxylation sites is 2. The van der Waals surface area contributed by atoms with Gasteiger partial charge in [0.1, 0.15) is 51.0 Å². The summed E-state index contributed by atoms with van der Waals surface area (Å²) in [5, 5.41) is 0. The molecule has 2 aromatic heterocycles. The largest absolute Gasteiger partial charge is 0.270 e. The number of thiazole rings is 2. The van der Waals surface area contributed by atoms with Gasteiger partial charge in [-0.15, -0.1) is 0 Å². The van der Waals surface area contributed by atoms with Gasteiger partial charge in [0.25, 0.3) is 9.33 Å². The van der Waals surface area contributed by atoms with Crippen LogP contribution in [0, 0.1) is 13.4 Å². The van der Waals surface area contributed by atoms with E-state index >= 15 is 0 Å². The van der Waals surface area contributed by atoms with Crippen LogP contribution in [0.3, 0.4) is 0 Å². The second kappa shape index (κ2) is 13.9. The zero-order chi connectivity index (χ0) is 32.2. The van der Waals surface area contributed by atoms with Crippen molar-refractivity contribution in [2.24, 2.45) is 0 Å². The van der Waals surface area contributed by atoms with Gasteiger partial charge in [0, 0.05) is 47.6 Å². The third-order valence-corrected chi connectivity index (χ3v) is 10.9. The maximum Gasteiger partial charge on any atom is 0.270 e. The van der Waals surface area contributed by atoms with E-state index in [1.165, 1.54) is 63.5 Å². The van der Waals surface area contributed by atoms with Crippen LogP contribution in [-0.4, -0.2) is 48.8 Å². The Labute approximate surface area is 279 Å². The number of hydrogen-bond donors (Lipinski definition) is 0. The summed E-state index contributed by atoms with van der Waals surface area (Å²) in [6, 6.07) is 17.1. The Hall–Kier alpha value is -4.52. The van der Waals surface area contributed by atoms with E-state index in [1.54, 1.807) is 0 Å². The summed E-state index contributed by atoms with van der Waals surface area (Å²) in [7, 11) is 8.32. The third-order valence-electron chi connectivity index (χ3n) is 8.41. The molecule has 2 aliphatic carbocycles. The molecule has 0 N–H and O–H groups in total. The van der Waals surface area contributed by atoms with Crippen LogP contribution in [0.5, 0.6) is 0 Å².